The summed E-state index contributed by atoms with van der Waals surface area (Å²) >= 11 is 5.39. The third kappa shape index (κ3) is 1.15. The first-order chi connectivity index (χ1) is 5.28. The van der Waals surface area contributed by atoms with Crippen LogP contribution in [-0.4, -0.2) is 7.05 Å². The van der Waals surface area contributed by atoms with Gasteiger partial charge in [0.2, 0.25) is 0 Å². The van der Waals surface area contributed by atoms with Crippen molar-refractivity contribution in [2.75, 3.05) is 7.05 Å². The molecule has 0 amide bonds. The summed E-state index contributed by atoms with van der Waals surface area (Å²) in [5.74, 6) is 0. The molecule has 0 aromatic carbocycles. The third-order valence-electron chi connectivity index (χ3n) is 2.28. The van der Waals surface area contributed by atoms with Crippen molar-refractivity contribution < 1.29 is 0 Å². The molecule has 0 spiro atoms. The van der Waals surface area contributed by atoms with Crippen LogP contribution in [0.2, 0.25) is 0 Å². The summed E-state index contributed by atoms with van der Waals surface area (Å²) in [6.45, 7) is 0. The Kier molecular flexibility index (Phi) is 1.82. The van der Waals surface area contributed by atoms with Gasteiger partial charge < -0.3 is 5.32 Å². The molecule has 1 saturated carbocycles. The van der Waals surface area contributed by atoms with Crippen molar-refractivity contribution in [3.8, 4) is 0 Å². The SMILES string of the molecule is CNC1(c2sccc2Br)CC1. The maximum absolute atomic E-state index is 3.55. The largest absolute Gasteiger partial charge is 0.310 e. The predicted molar refractivity (Wildman–Crippen MR) is 52.0 cm³/mol. The number of rotatable bonds is 2. The van der Waals surface area contributed by atoms with Crippen LogP contribution in [-0.2, 0) is 5.54 Å². The predicted octanol–water partition coefficient (Wildman–Crippen LogP) is 2.72. The van der Waals surface area contributed by atoms with Crippen LogP contribution in [0.3, 0.4) is 0 Å². The van der Waals surface area contributed by atoms with E-state index in [-0.39, 0.29) is 0 Å². The van der Waals surface area contributed by atoms with Gasteiger partial charge in [0.15, 0.2) is 0 Å². The molecule has 1 heterocycles. The second-order valence-corrected chi connectivity index (χ2v) is 4.70. The van der Waals surface area contributed by atoms with Gasteiger partial charge in [0, 0.05) is 9.35 Å². The molecule has 1 N–H and O–H groups in total. The van der Waals surface area contributed by atoms with Gasteiger partial charge in [0.05, 0.1) is 5.54 Å². The fourth-order valence-corrected chi connectivity index (χ4v) is 3.37. The molecule has 1 aliphatic carbocycles. The summed E-state index contributed by atoms with van der Waals surface area (Å²) in [5, 5.41) is 5.51. The number of halogens is 1. The number of thiophene rings is 1. The van der Waals surface area contributed by atoms with E-state index >= 15 is 0 Å². The van der Waals surface area contributed by atoms with Crippen molar-refractivity contribution in [2.24, 2.45) is 0 Å². The zero-order chi connectivity index (χ0) is 7.90. The topological polar surface area (TPSA) is 12.0 Å². The molecule has 1 aromatic rings. The van der Waals surface area contributed by atoms with E-state index < -0.39 is 0 Å². The molecule has 0 bridgehead atoms. The van der Waals surface area contributed by atoms with Crippen LogP contribution in [0.15, 0.2) is 15.9 Å². The van der Waals surface area contributed by atoms with E-state index in [1.807, 2.05) is 18.4 Å². The molecular weight excluding hydrogens is 222 g/mol. The standard InChI is InChI=1S/C8H10BrNS/c1-10-8(3-4-8)7-6(9)2-5-11-7/h2,5,10H,3-4H2,1H3. The highest BCUT2D eigenvalue weighted by Gasteiger charge is 2.44. The van der Waals surface area contributed by atoms with Crippen LogP contribution >= 0.6 is 27.3 Å². The van der Waals surface area contributed by atoms with E-state index in [0.29, 0.717) is 5.54 Å². The molecule has 60 valence electrons. The summed E-state index contributed by atoms with van der Waals surface area (Å²) in [5.41, 5.74) is 0.326. The van der Waals surface area contributed by atoms with E-state index in [0.717, 1.165) is 0 Å². The molecule has 0 radical (unpaired) electrons. The second-order valence-electron chi connectivity index (χ2n) is 2.93. The lowest BCUT2D eigenvalue weighted by Gasteiger charge is -2.11. The first-order valence-electron chi connectivity index (χ1n) is 3.71. The highest BCUT2D eigenvalue weighted by molar-refractivity contribution is 9.10. The Hall–Kier alpha value is 0.140. The summed E-state index contributed by atoms with van der Waals surface area (Å²) in [7, 11) is 2.04. The quantitative estimate of drug-likeness (QED) is 0.826. The maximum Gasteiger partial charge on any atom is 0.0539 e. The Morgan fingerprint density at radius 1 is 1.64 bits per heavy atom. The highest BCUT2D eigenvalue weighted by atomic mass is 79.9. The van der Waals surface area contributed by atoms with Gasteiger partial charge in [0.1, 0.15) is 0 Å². The molecule has 1 fully saturated rings. The molecule has 0 aliphatic heterocycles. The fourth-order valence-electron chi connectivity index (χ4n) is 1.35. The monoisotopic (exact) mass is 231 g/mol. The van der Waals surface area contributed by atoms with E-state index in [2.05, 4.69) is 32.7 Å². The van der Waals surface area contributed by atoms with Gasteiger partial charge in [-0.2, -0.15) is 0 Å². The minimum atomic E-state index is 0.326. The first kappa shape index (κ1) is 7.77. The average molecular weight is 232 g/mol. The van der Waals surface area contributed by atoms with E-state index in [1.165, 1.54) is 22.2 Å². The Labute approximate surface area is 78.9 Å². The van der Waals surface area contributed by atoms with E-state index in [9.17, 15) is 0 Å². The normalized spacial score (nSPS) is 20.2. The molecule has 3 heteroatoms. The van der Waals surface area contributed by atoms with Crippen LogP contribution in [0.1, 0.15) is 17.7 Å². The van der Waals surface area contributed by atoms with Crippen molar-refractivity contribution in [3.63, 3.8) is 0 Å². The van der Waals surface area contributed by atoms with Crippen molar-refractivity contribution in [1.29, 1.82) is 0 Å². The fraction of sp³-hybridized carbons (Fsp3) is 0.500. The maximum atomic E-state index is 3.55. The van der Waals surface area contributed by atoms with Crippen molar-refractivity contribution in [1.82, 2.24) is 5.32 Å². The summed E-state index contributed by atoms with van der Waals surface area (Å²) in [4.78, 5) is 1.46. The lowest BCUT2D eigenvalue weighted by atomic mass is 10.2. The van der Waals surface area contributed by atoms with Crippen LogP contribution in [0.5, 0.6) is 0 Å². The van der Waals surface area contributed by atoms with Crippen LogP contribution in [0.25, 0.3) is 0 Å². The van der Waals surface area contributed by atoms with Crippen molar-refractivity contribution in [3.05, 3.63) is 20.8 Å². The molecule has 0 unspecified atom stereocenters. The first-order valence-corrected chi connectivity index (χ1v) is 5.38. The van der Waals surface area contributed by atoms with Gasteiger partial charge in [-0.15, -0.1) is 11.3 Å². The van der Waals surface area contributed by atoms with Crippen molar-refractivity contribution in [2.45, 2.75) is 18.4 Å². The third-order valence-corrected chi connectivity index (χ3v) is 4.32. The van der Waals surface area contributed by atoms with Gasteiger partial charge >= 0.3 is 0 Å². The van der Waals surface area contributed by atoms with Crippen LogP contribution < -0.4 is 5.32 Å². The van der Waals surface area contributed by atoms with E-state index in [4.69, 9.17) is 0 Å². The Balaban J connectivity index is 2.35. The number of hydrogen-bond acceptors (Lipinski definition) is 2. The highest BCUT2D eigenvalue weighted by Crippen LogP contribution is 2.49. The minimum Gasteiger partial charge on any atom is -0.310 e. The Bertz CT molecular complexity index is 265. The van der Waals surface area contributed by atoms with Crippen LogP contribution in [0, 0.1) is 0 Å². The van der Waals surface area contributed by atoms with Gasteiger partial charge in [0.25, 0.3) is 0 Å². The van der Waals surface area contributed by atoms with Crippen molar-refractivity contribution >= 4 is 27.3 Å². The van der Waals surface area contributed by atoms with E-state index in [1.54, 1.807) is 0 Å². The molecule has 1 aromatic heterocycles. The van der Waals surface area contributed by atoms with Gasteiger partial charge in [-0.1, -0.05) is 0 Å². The lowest BCUT2D eigenvalue weighted by Crippen LogP contribution is -2.23. The smallest absolute Gasteiger partial charge is 0.0539 e. The van der Waals surface area contributed by atoms with Gasteiger partial charge in [-0.05, 0) is 47.3 Å². The molecule has 0 saturated heterocycles. The Morgan fingerprint density at radius 2 is 2.36 bits per heavy atom. The minimum absolute atomic E-state index is 0.326. The molecule has 0 atom stereocenters. The van der Waals surface area contributed by atoms with Gasteiger partial charge in [-0.3, -0.25) is 0 Å². The Morgan fingerprint density at radius 3 is 2.73 bits per heavy atom. The van der Waals surface area contributed by atoms with Crippen LogP contribution in [0.4, 0.5) is 0 Å². The number of nitrogens with one attached hydrogen (secondary N) is 1. The lowest BCUT2D eigenvalue weighted by molar-refractivity contribution is 0.595. The second kappa shape index (κ2) is 2.57. The summed E-state index contributed by atoms with van der Waals surface area (Å²) < 4.78 is 1.26. The molecule has 11 heavy (non-hydrogen) atoms. The molecule has 1 nitrogen and oxygen atoms in total. The summed E-state index contributed by atoms with van der Waals surface area (Å²) in [6.07, 6.45) is 2.56. The summed E-state index contributed by atoms with van der Waals surface area (Å²) in [6, 6.07) is 2.12. The number of hydrogen-bond donors (Lipinski definition) is 1. The molecular formula is C8H10BrNS. The zero-order valence-corrected chi connectivity index (χ0v) is 8.76. The molecule has 1 aliphatic rings. The average Bonchev–Trinajstić information content (AvgIpc) is 2.70. The van der Waals surface area contributed by atoms with Gasteiger partial charge in [-0.25, -0.2) is 0 Å². The molecule has 2 rings (SSSR count). The zero-order valence-electron chi connectivity index (χ0n) is 6.36.